The topological polar surface area (TPSA) is 95.7 Å². The number of nitrogens with two attached hydrogens (primary N) is 1. The van der Waals surface area contributed by atoms with Gasteiger partial charge in [-0.25, -0.2) is 0 Å². The first-order chi connectivity index (χ1) is 12.0. The molecule has 3 N–H and O–H groups in total. The Morgan fingerprint density at radius 2 is 1.92 bits per heavy atom. The lowest BCUT2D eigenvalue weighted by Gasteiger charge is -2.36. The van der Waals surface area contributed by atoms with Gasteiger partial charge in [-0.2, -0.15) is 17.0 Å². The molecule has 26 heavy (non-hydrogen) atoms. The molecule has 1 saturated heterocycles. The molecular weight excluding hydrogens is 376 g/mol. The highest BCUT2D eigenvalue weighted by Crippen LogP contribution is 2.26. The molecule has 1 unspecified atom stereocenters. The summed E-state index contributed by atoms with van der Waals surface area (Å²) in [5.74, 6) is -0.401. The van der Waals surface area contributed by atoms with E-state index in [1.54, 1.807) is 0 Å². The van der Waals surface area contributed by atoms with Crippen LogP contribution in [0.1, 0.15) is 24.0 Å². The third kappa shape index (κ3) is 4.55. The Morgan fingerprint density at radius 1 is 1.19 bits per heavy atom. The predicted octanol–water partition coefficient (Wildman–Crippen LogP) is 0.498. The highest BCUT2D eigenvalue weighted by molar-refractivity contribution is 7.86. The number of fused-ring (bicyclic) bond motifs is 1. The minimum absolute atomic E-state index is 0. The van der Waals surface area contributed by atoms with E-state index < -0.39 is 10.2 Å². The number of amides is 1. The average Bonchev–Trinajstić information content (AvgIpc) is 2.65. The Balaban J connectivity index is 0.00000243. The molecule has 146 valence electrons. The molecule has 9 heteroatoms. The Morgan fingerprint density at radius 3 is 2.65 bits per heavy atom. The second-order valence-electron chi connectivity index (χ2n) is 6.64. The molecule has 1 atom stereocenters. The largest absolute Gasteiger partial charge is 0.355 e. The molecule has 1 aromatic rings. The minimum atomic E-state index is -3.55. The number of nitrogens with zero attached hydrogens (tertiary/aromatic N) is 2. The zero-order valence-corrected chi connectivity index (χ0v) is 16.4. The van der Waals surface area contributed by atoms with Gasteiger partial charge in [-0.3, -0.25) is 4.79 Å². The maximum Gasteiger partial charge on any atom is 0.282 e. The molecule has 2 aliphatic rings. The molecule has 0 saturated carbocycles. The lowest BCUT2D eigenvalue weighted by molar-refractivity contribution is -0.126. The Kier molecular flexibility index (Phi) is 7.42. The van der Waals surface area contributed by atoms with E-state index in [1.807, 2.05) is 18.2 Å². The van der Waals surface area contributed by atoms with Crippen molar-refractivity contribution in [3.05, 3.63) is 35.4 Å². The van der Waals surface area contributed by atoms with Crippen LogP contribution in [0, 0.1) is 5.92 Å². The molecule has 1 aromatic carbocycles. The van der Waals surface area contributed by atoms with E-state index in [0.717, 1.165) is 12.0 Å². The molecule has 1 amide bonds. The molecule has 7 nitrogen and oxygen atoms in total. The zero-order chi connectivity index (χ0) is 17.9. The van der Waals surface area contributed by atoms with Crippen LogP contribution >= 0.6 is 12.4 Å². The van der Waals surface area contributed by atoms with Crippen LogP contribution in [0.3, 0.4) is 0 Å². The van der Waals surface area contributed by atoms with Gasteiger partial charge in [0, 0.05) is 39.3 Å². The third-order valence-corrected chi connectivity index (χ3v) is 6.90. The van der Waals surface area contributed by atoms with Crippen molar-refractivity contribution in [2.45, 2.75) is 25.8 Å². The van der Waals surface area contributed by atoms with E-state index in [2.05, 4.69) is 11.4 Å². The molecule has 0 aromatic heterocycles. The van der Waals surface area contributed by atoms with Crippen molar-refractivity contribution in [1.82, 2.24) is 13.9 Å². The average molecular weight is 403 g/mol. The van der Waals surface area contributed by atoms with Gasteiger partial charge in [0.05, 0.1) is 5.92 Å². The molecule has 2 heterocycles. The lowest BCUT2D eigenvalue weighted by atomic mass is 9.99. The second kappa shape index (κ2) is 9.14. The van der Waals surface area contributed by atoms with Crippen molar-refractivity contribution in [3.8, 4) is 0 Å². The quantitative estimate of drug-likeness (QED) is 0.749. The van der Waals surface area contributed by atoms with E-state index in [9.17, 15) is 13.2 Å². The third-order valence-electron chi connectivity index (χ3n) is 4.95. The number of carbonyl (C=O) groups excluding carboxylic acids is 1. The minimum Gasteiger partial charge on any atom is -0.355 e. The van der Waals surface area contributed by atoms with Gasteiger partial charge >= 0.3 is 0 Å². The van der Waals surface area contributed by atoms with Crippen LogP contribution < -0.4 is 11.1 Å². The van der Waals surface area contributed by atoms with Gasteiger partial charge in [0.2, 0.25) is 5.91 Å². The summed E-state index contributed by atoms with van der Waals surface area (Å²) in [4.78, 5) is 12.2. The summed E-state index contributed by atoms with van der Waals surface area (Å²) in [7, 11) is -3.55. The molecule has 0 spiro atoms. The fourth-order valence-electron chi connectivity index (χ4n) is 3.54. The van der Waals surface area contributed by atoms with Crippen LogP contribution in [0.2, 0.25) is 0 Å². The van der Waals surface area contributed by atoms with Crippen LogP contribution in [-0.4, -0.2) is 55.7 Å². The van der Waals surface area contributed by atoms with E-state index in [1.165, 1.54) is 14.2 Å². The first kappa shape index (κ1) is 21.1. The van der Waals surface area contributed by atoms with Crippen molar-refractivity contribution in [2.75, 3.05) is 32.7 Å². The number of benzene rings is 1. The van der Waals surface area contributed by atoms with Crippen molar-refractivity contribution in [1.29, 1.82) is 0 Å². The standard InChI is InChI=1S/C17H26N4O3S.ClH/c18-8-9-19-17(22)16-6-3-10-20(13-16)25(23,24)21-11-7-14-4-1-2-5-15(14)12-21;/h1-2,4-5,16H,3,6-13,18H2,(H,19,22);1H. The SMILES string of the molecule is Cl.NCCNC(=O)C1CCCN(S(=O)(=O)N2CCc3ccccc3C2)C1. The number of rotatable bonds is 5. The summed E-state index contributed by atoms with van der Waals surface area (Å²) in [5, 5.41) is 2.77. The summed E-state index contributed by atoms with van der Waals surface area (Å²) in [5.41, 5.74) is 7.69. The van der Waals surface area contributed by atoms with Crippen LogP contribution in [-0.2, 0) is 28.0 Å². The fourth-order valence-corrected chi connectivity index (χ4v) is 5.21. The van der Waals surface area contributed by atoms with E-state index in [0.29, 0.717) is 45.6 Å². The van der Waals surface area contributed by atoms with Crippen molar-refractivity contribution < 1.29 is 13.2 Å². The number of hydrogen-bond acceptors (Lipinski definition) is 4. The monoisotopic (exact) mass is 402 g/mol. The smallest absolute Gasteiger partial charge is 0.282 e. The van der Waals surface area contributed by atoms with Gasteiger partial charge in [-0.15, -0.1) is 12.4 Å². The Labute approximate surface area is 161 Å². The van der Waals surface area contributed by atoms with Crippen molar-refractivity contribution >= 4 is 28.5 Å². The molecule has 0 aliphatic carbocycles. The number of piperidine rings is 1. The summed E-state index contributed by atoms with van der Waals surface area (Å²) in [6.07, 6.45) is 2.14. The predicted molar refractivity (Wildman–Crippen MR) is 103 cm³/mol. The van der Waals surface area contributed by atoms with E-state index in [4.69, 9.17) is 5.73 Å². The number of nitrogens with one attached hydrogen (secondary N) is 1. The molecule has 1 fully saturated rings. The number of halogens is 1. The van der Waals surface area contributed by atoms with E-state index >= 15 is 0 Å². The van der Waals surface area contributed by atoms with Gasteiger partial charge in [0.15, 0.2) is 0 Å². The molecule has 0 radical (unpaired) electrons. The van der Waals surface area contributed by atoms with Crippen LogP contribution in [0.15, 0.2) is 24.3 Å². The molecule has 2 aliphatic heterocycles. The van der Waals surface area contributed by atoms with Gasteiger partial charge in [0.1, 0.15) is 0 Å². The normalized spacial score (nSPS) is 21.5. The zero-order valence-electron chi connectivity index (χ0n) is 14.8. The first-order valence-electron chi connectivity index (χ1n) is 8.82. The highest BCUT2D eigenvalue weighted by Gasteiger charge is 2.36. The van der Waals surface area contributed by atoms with Crippen LogP contribution in [0.5, 0.6) is 0 Å². The number of carbonyl (C=O) groups is 1. The highest BCUT2D eigenvalue weighted by atomic mass is 35.5. The summed E-state index contributed by atoms with van der Waals surface area (Å²) in [6.45, 7) is 2.41. The van der Waals surface area contributed by atoms with Crippen LogP contribution in [0.25, 0.3) is 0 Å². The van der Waals surface area contributed by atoms with Gasteiger partial charge in [0.25, 0.3) is 10.2 Å². The maximum atomic E-state index is 13.0. The number of hydrogen-bond donors (Lipinski definition) is 2. The van der Waals surface area contributed by atoms with Crippen LogP contribution in [0.4, 0.5) is 0 Å². The summed E-state index contributed by atoms with van der Waals surface area (Å²) >= 11 is 0. The Bertz CT molecular complexity index is 728. The summed E-state index contributed by atoms with van der Waals surface area (Å²) < 4.78 is 29.1. The molecular formula is C17H27ClN4O3S. The van der Waals surface area contributed by atoms with E-state index in [-0.39, 0.29) is 30.8 Å². The molecule has 3 rings (SSSR count). The summed E-state index contributed by atoms with van der Waals surface area (Å²) in [6, 6.07) is 7.96. The van der Waals surface area contributed by atoms with Crippen molar-refractivity contribution in [2.24, 2.45) is 11.7 Å². The molecule has 0 bridgehead atoms. The van der Waals surface area contributed by atoms with Gasteiger partial charge in [-0.05, 0) is 30.4 Å². The Hall–Kier alpha value is -1.19. The lowest BCUT2D eigenvalue weighted by Crippen LogP contribution is -2.51. The maximum absolute atomic E-state index is 13.0. The van der Waals surface area contributed by atoms with Gasteiger partial charge in [-0.1, -0.05) is 24.3 Å². The van der Waals surface area contributed by atoms with Crippen molar-refractivity contribution in [3.63, 3.8) is 0 Å². The first-order valence-corrected chi connectivity index (χ1v) is 10.2. The fraction of sp³-hybridized carbons (Fsp3) is 0.588. The second-order valence-corrected chi connectivity index (χ2v) is 8.57. The van der Waals surface area contributed by atoms with Gasteiger partial charge < -0.3 is 11.1 Å².